The third-order valence-corrected chi connectivity index (χ3v) is 11.3. The Bertz CT molecular complexity index is 3150. The molecule has 4 heterocycles. The zero-order chi connectivity index (χ0) is 36.5. The SMILES string of the molecule is c1ccc2c(c1)Oc1ccccc1N2c1ccc2cc3c(cc2c1)oc1cc2oc4cc5cc(N6c7ccccc7Oc7ccccc76)ccc5cc4c2cc13. The van der Waals surface area contributed by atoms with Crippen LogP contribution in [0.4, 0.5) is 34.1 Å². The van der Waals surface area contributed by atoms with E-state index in [4.69, 9.17) is 18.3 Å². The number of hydrogen-bond donors (Lipinski definition) is 0. The summed E-state index contributed by atoms with van der Waals surface area (Å²) in [7, 11) is 0. The molecule has 0 saturated heterocycles. The van der Waals surface area contributed by atoms with Crippen molar-refractivity contribution in [1.82, 2.24) is 0 Å². The zero-order valence-electron chi connectivity index (χ0n) is 29.7. The second-order valence-electron chi connectivity index (χ2n) is 14.6. The van der Waals surface area contributed by atoms with E-state index in [1.807, 2.05) is 78.9 Å². The van der Waals surface area contributed by atoms with Gasteiger partial charge in [-0.2, -0.15) is 0 Å². The van der Waals surface area contributed by atoms with E-state index < -0.39 is 0 Å². The molecule has 6 heteroatoms. The van der Waals surface area contributed by atoms with Gasteiger partial charge in [0.15, 0.2) is 23.0 Å². The van der Waals surface area contributed by atoms with E-state index in [1.54, 1.807) is 0 Å². The Labute approximate surface area is 319 Å². The van der Waals surface area contributed by atoms with Crippen molar-refractivity contribution in [2.24, 2.45) is 0 Å². The predicted molar refractivity (Wildman–Crippen MR) is 226 cm³/mol. The van der Waals surface area contributed by atoms with Gasteiger partial charge in [0.1, 0.15) is 22.3 Å². The number of furan rings is 2. The largest absolute Gasteiger partial charge is 0.456 e. The molecule has 6 nitrogen and oxygen atoms in total. The van der Waals surface area contributed by atoms with E-state index in [1.165, 1.54) is 0 Å². The maximum absolute atomic E-state index is 6.57. The number of para-hydroxylation sites is 8. The molecule has 9 aromatic carbocycles. The minimum Gasteiger partial charge on any atom is -0.456 e. The molecule has 262 valence electrons. The van der Waals surface area contributed by atoms with Gasteiger partial charge in [0.2, 0.25) is 0 Å². The Morgan fingerprint density at radius 1 is 0.286 bits per heavy atom. The molecule has 0 fully saturated rings. The molecular weight excluding hydrogens is 693 g/mol. The van der Waals surface area contributed by atoms with Crippen LogP contribution in [0.25, 0.3) is 65.4 Å². The first-order valence-electron chi connectivity index (χ1n) is 18.7. The lowest BCUT2D eigenvalue weighted by atomic mass is 10.0. The second kappa shape index (κ2) is 10.9. The van der Waals surface area contributed by atoms with Gasteiger partial charge in [-0.05, 0) is 125 Å². The van der Waals surface area contributed by atoms with Crippen LogP contribution in [0.2, 0.25) is 0 Å². The third-order valence-electron chi connectivity index (χ3n) is 11.3. The smallest absolute Gasteiger partial charge is 0.151 e. The van der Waals surface area contributed by atoms with Gasteiger partial charge >= 0.3 is 0 Å². The Morgan fingerprint density at radius 2 is 0.643 bits per heavy atom. The summed E-state index contributed by atoms with van der Waals surface area (Å²) in [6.07, 6.45) is 0. The molecule has 56 heavy (non-hydrogen) atoms. The van der Waals surface area contributed by atoms with Gasteiger partial charge in [0.25, 0.3) is 0 Å². The molecule has 0 saturated carbocycles. The molecule has 0 bridgehead atoms. The Balaban J connectivity index is 0.920. The molecule has 2 aliphatic rings. The molecule has 0 N–H and O–H groups in total. The molecule has 0 unspecified atom stereocenters. The average Bonchev–Trinajstić information content (AvgIpc) is 3.77. The highest BCUT2D eigenvalue weighted by atomic mass is 16.5. The van der Waals surface area contributed by atoms with Crippen LogP contribution in [-0.2, 0) is 0 Å². The summed E-state index contributed by atoms with van der Waals surface area (Å²) in [5.74, 6) is 3.33. The molecular formula is C50H28N2O4. The Hall–Kier alpha value is -7.70. The second-order valence-corrected chi connectivity index (χ2v) is 14.6. The number of rotatable bonds is 2. The van der Waals surface area contributed by atoms with Crippen LogP contribution in [-0.4, -0.2) is 0 Å². The summed E-state index contributed by atoms with van der Waals surface area (Å²) in [6.45, 7) is 0. The lowest BCUT2D eigenvalue weighted by Crippen LogP contribution is -2.15. The third kappa shape index (κ3) is 4.21. The highest BCUT2D eigenvalue weighted by Gasteiger charge is 2.27. The maximum Gasteiger partial charge on any atom is 0.151 e. The normalized spacial score (nSPS) is 13.2. The van der Waals surface area contributed by atoms with Crippen molar-refractivity contribution in [2.75, 3.05) is 9.80 Å². The first-order valence-corrected chi connectivity index (χ1v) is 18.7. The van der Waals surface area contributed by atoms with Crippen molar-refractivity contribution < 1.29 is 18.3 Å². The molecule has 11 aromatic rings. The summed E-state index contributed by atoms with van der Waals surface area (Å²) in [4.78, 5) is 4.53. The molecule has 0 radical (unpaired) electrons. The summed E-state index contributed by atoms with van der Waals surface area (Å²) in [5.41, 5.74) is 9.42. The molecule has 0 spiro atoms. The topological polar surface area (TPSA) is 51.2 Å². The molecule has 0 atom stereocenters. The number of nitrogens with zero attached hydrogens (tertiary/aromatic N) is 2. The minimum absolute atomic E-state index is 0.801. The van der Waals surface area contributed by atoms with E-state index >= 15 is 0 Å². The van der Waals surface area contributed by atoms with Gasteiger partial charge in [-0.25, -0.2) is 0 Å². The van der Waals surface area contributed by atoms with Gasteiger partial charge in [-0.15, -0.1) is 0 Å². The number of hydrogen-bond acceptors (Lipinski definition) is 6. The maximum atomic E-state index is 6.57. The molecule has 0 aliphatic carbocycles. The van der Waals surface area contributed by atoms with Crippen molar-refractivity contribution >= 4 is 99.5 Å². The van der Waals surface area contributed by atoms with Crippen LogP contribution >= 0.6 is 0 Å². The van der Waals surface area contributed by atoms with Crippen LogP contribution in [0, 0.1) is 0 Å². The first kappa shape index (κ1) is 29.7. The number of anilines is 6. The monoisotopic (exact) mass is 720 g/mol. The Kier molecular flexibility index (Phi) is 5.80. The van der Waals surface area contributed by atoms with Crippen LogP contribution < -0.4 is 19.3 Å². The Morgan fingerprint density at radius 3 is 1.05 bits per heavy atom. The summed E-state index contributed by atoms with van der Waals surface area (Å²) in [6, 6.07) is 59.0. The molecule has 13 rings (SSSR count). The lowest BCUT2D eigenvalue weighted by molar-refractivity contribution is 0.477. The molecule has 0 amide bonds. The quantitative estimate of drug-likeness (QED) is 0.177. The molecule has 2 aliphatic heterocycles. The standard InChI is InChI=1S/C50H28N2O4/c1-5-13-43-39(9-1)51(40-10-2-6-14-44(40)53-43)33-19-17-29-23-35-37-27-38-36-24-30-18-20-34(52-41-11-3-7-15-45(41)54-46-16-8-4-12-42(46)52)22-32(30)26-48(36)56-50(38)28-49(37)55-47(35)25-31(29)21-33/h1-28H. The van der Waals surface area contributed by atoms with Crippen LogP contribution in [0.3, 0.4) is 0 Å². The average molecular weight is 721 g/mol. The number of fused-ring (bicyclic) bond motifs is 12. The molecule has 2 aromatic heterocycles. The van der Waals surface area contributed by atoms with Crippen molar-refractivity contribution in [1.29, 1.82) is 0 Å². The van der Waals surface area contributed by atoms with Crippen molar-refractivity contribution in [2.45, 2.75) is 0 Å². The van der Waals surface area contributed by atoms with Crippen molar-refractivity contribution in [3.05, 3.63) is 170 Å². The highest BCUT2D eigenvalue weighted by molar-refractivity contribution is 6.18. The fourth-order valence-corrected chi connectivity index (χ4v) is 8.75. The number of ether oxygens (including phenoxy) is 2. The first-order chi connectivity index (χ1) is 27.7. The highest BCUT2D eigenvalue weighted by Crippen LogP contribution is 2.52. The number of benzene rings is 9. The van der Waals surface area contributed by atoms with Gasteiger partial charge in [0, 0.05) is 39.0 Å². The van der Waals surface area contributed by atoms with E-state index in [0.717, 1.165) is 123 Å². The van der Waals surface area contributed by atoms with Gasteiger partial charge < -0.3 is 28.1 Å². The van der Waals surface area contributed by atoms with E-state index in [-0.39, 0.29) is 0 Å². The zero-order valence-corrected chi connectivity index (χ0v) is 29.7. The van der Waals surface area contributed by atoms with Gasteiger partial charge in [0.05, 0.1) is 22.7 Å². The van der Waals surface area contributed by atoms with Crippen LogP contribution in [0.15, 0.2) is 179 Å². The fourth-order valence-electron chi connectivity index (χ4n) is 8.75. The minimum atomic E-state index is 0.801. The van der Waals surface area contributed by atoms with Crippen LogP contribution in [0.1, 0.15) is 0 Å². The summed E-state index contributed by atoms with van der Waals surface area (Å²) in [5, 5.41) is 8.77. The van der Waals surface area contributed by atoms with E-state index in [0.29, 0.717) is 0 Å². The lowest BCUT2D eigenvalue weighted by Gasteiger charge is -2.32. The van der Waals surface area contributed by atoms with Gasteiger partial charge in [-0.1, -0.05) is 60.7 Å². The van der Waals surface area contributed by atoms with E-state index in [9.17, 15) is 0 Å². The van der Waals surface area contributed by atoms with Crippen LogP contribution in [0.5, 0.6) is 23.0 Å². The fraction of sp³-hybridized carbons (Fsp3) is 0. The van der Waals surface area contributed by atoms with E-state index in [2.05, 4.69) is 101 Å². The van der Waals surface area contributed by atoms with Crippen molar-refractivity contribution in [3.63, 3.8) is 0 Å². The van der Waals surface area contributed by atoms with Gasteiger partial charge in [-0.3, -0.25) is 0 Å². The summed E-state index contributed by atoms with van der Waals surface area (Å²) < 4.78 is 25.7. The summed E-state index contributed by atoms with van der Waals surface area (Å²) >= 11 is 0. The van der Waals surface area contributed by atoms with Crippen molar-refractivity contribution in [3.8, 4) is 23.0 Å². The predicted octanol–water partition coefficient (Wildman–Crippen LogP) is 14.9.